The number of aliphatic imine (C=N–C) groups is 3. The molecule has 0 aromatic heterocycles. The minimum atomic E-state index is 0.107. The molecule has 1 aromatic carbocycles. The summed E-state index contributed by atoms with van der Waals surface area (Å²) < 4.78 is 10.7. The lowest BCUT2D eigenvalue weighted by molar-refractivity contribution is 0.174. The number of hydrogen-bond donors (Lipinski definition) is 2. The molecule has 0 bridgehead atoms. The van der Waals surface area contributed by atoms with Crippen LogP contribution in [0.5, 0.6) is 11.5 Å². The second-order valence-corrected chi connectivity index (χ2v) is 5.57. The molecule has 2 aliphatic heterocycles. The molecule has 2 unspecified atom stereocenters. The molecule has 2 aliphatic rings. The summed E-state index contributed by atoms with van der Waals surface area (Å²) in [6.45, 7) is 7.08. The molecule has 0 saturated heterocycles. The van der Waals surface area contributed by atoms with Gasteiger partial charge in [0.25, 0.3) is 0 Å². The SMILES string of the molecule is CCN=C1N=C(N)N=C(Nc2ccc3c(c2)OCO3)C(C)C1C. The van der Waals surface area contributed by atoms with Crippen molar-refractivity contribution < 1.29 is 9.47 Å². The van der Waals surface area contributed by atoms with Crippen LogP contribution in [-0.2, 0) is 0 Å². The fourth-order valence-corrected chi connectivity index (χ4v) is 2.54. The normalized spacial score (nSPS) is 24.9. The first kappa shape index (κ1) is 15.3. The zero-order valence-electron chi connectivity index (χ0n) is 13.5. The number of benzene rings is 1. The molecule has 23 heavy (non-hydrogen) atoms. The van der Waals surface area contributed by atoms with E-state index >= 15 is 0 Å². The Morgan fingerprint density at radius 3 is 2.78 bits per heavy atom. The van der Waals surface area contributed by atoms with Crippen molar-refractivity contribution >= 4 is 23.3 Å². The molecular formula is C16H21N5O2. The number of hydrogen-bond acceptors (Lipinski definition) is 6. The van der Waals surface area contributed by atoms with Gasteiger partial charge >= 0.3 is 0 Å². The Balaban J connectivity index is 1.85. The monoisotopic (exact) mass is 315 g/mol. The van der Waals surface area contributed by atoms with Gasteiger partial charge in [-0.1, -0.05) is 13.8 Å². The van der Waals surface area contributed by atoms with Crippen molar-refractivity contribution in [3.63, 3.8) is 0 Å². The van der Waals surface area contributed by atoms with Crippen LogP contribution in [0.2, 0.25) is 0 Å². The van der Waals surface area contributed by atoms with Crippen molar-refractivity contribution in [2.75, 3.05) is 18.7 Å². The predicted molar refractivity (Wildman–Crippen MR) is 91.5 cm³/mol. The van der Waals surface area contributed by atoms with Crippen LogP contribution < -0.4 is 20.5 Å². The van der Waals surface area contributed by atoms with Gasteiger partial charge in [0.15, 0.2) is 11.5 Å². The molecule has 122 valence electrons. The summed E-state index contributed by atoms with van der Waals surface area (Å²) >= 11 is 0. The summed E-state index contributed by atoms with van der Waals surface area (Å²) in [7, 11) is 0. The Bertz CT molecular complexity index is 696. The molecule has 7 nitrogen and oxygen atoms in total. The number of ether oxygens (including phenoxy) is 2. The highest BCUT2D eigenvalue weighted by Crippen LogP contribution is 2.34. The fraction of sp³-hybridized carbons (Fsp3) is 0.438. The van der Waals surface area contributed by atoms with E-state index in [1.165, 1.54) is 0 Å². The molecule has 0 saturated carbocycles. The van der Waals surface area contributed by atoms with Gasteiger partial charge in [0.05, 0.1) is 0 Å². The van der Waals surface area contributed by atoms with E-state index in [0.717, 1.165) is 28.9 Å². The molecule has 0 radical (unpaired) electrons. The zero-order chi connectivity index (χ0) is 16.4. The quantitative estimate of drug-likeness (QED) is 0.875. The third-order valence-electron chi connectivity index (χ3n) is 4.02. The number of guanidine groups is 1. The van der Waals surface area contributed by atoms with E-state index in [9.17, 15) is 0 Å². The highest BCUT2D eigenvalue weighted by atomic mass is 16.7. The Morgan fingerprint density at radius 1 is 1.22 bits per heavy atom. The lowest BCUT2D eigenvalue weighted by atomic mass is 9.93. The topological polar surface area (TPSA) is 93.6 Å². The first-order valence-corrected chi connectivity index (χ1v) is 7.72. The van der Waals surface area contributed by atoms with Crippen LogP contribution in [0.15, 0.2) is 33.2 Å². The maximum Gasteiger partial charge on any atom is 0.231 e. The van der Waals surface area contributed by atoms with Gasteiger partial charge in [-0.05, 0) is 19.1 Å². The van der Waals surface area contributed by atoms with Crippen LogP contribution in [0, 0.1) is 11.8 Å². The third-order valence-corrected chi connectivity index (χ3v) is 4.02. The number of anilines is 1. The standard InChI is InChI=1S/C16H21N5O2/c1-4-18-14-9(2)10(3)15(21-16(17)20-14)19-11-5-6-12-13(7-11)23-8-22-12/h5-7,9-10H,4,8H2,1-3H3,(H3,17,18,19,20,21). The maximum absolute atomic E-state index is 5.91. The smallest absolute Gasteiger partial charge is 0.231 e. The molecule has 3 rings (SSSR count). The van der Waals surface area contributed by atoms with Gasteiger partial charge in [0.2, 0.25) is 12.8 Å². The Morgan fingerprint density at radius 2 is 2.00 bits per heavy atom. The predicted octanol–water partition coefficient (Wildman–Crippen LogP) is 2.24. The van der Waals surface area contributed by atoms with Crippen LogP contribution >= 0.6 is 0 Å². The number of amidine groups is 2. The molecule has 2 atom stereocenters. The molecular weight excluding hydrogens is 294 g/mol. The zero-order valence-corrected chi connectivity index (χ0v) is 13.5. The first-order valence-electron chi connectivity index (χ1n) is 7.72. The maximum atomic E-state index is 5.91. The van der Waals surface area contributed by atoms with Gasteiger partial charge in [-0.2, -0.15) is 9.98 Å². The van der Waals surface area contributed by atoms with Gasteiger partial charge in [-0.3, -0.25) is 4.99 Å². The van der Waals surface area contributed by atoms with Crippen LogP contribution in [-0.4, -0.2) is 31.0 Å². The molecule has 1 aromatic rings. The summed E-state index contributed by atoms with van der Waals surface area (Å²) in [5.41, 5.74) is 6.78. The Kier molecular flexibility index (Phi) is 4.18. The van der Waals surface area contributed by atoms with Crippen molar-refractivity contribution in [2.24, 2.45) is 32.5 Å². The second kappa shape index (κ2) is 6.28. The molecule has 3 N–H and O–H groups in total. The molecule has 0 fully saturated rings. The molecule has 7 heteroatoms. The highest BCUT2D eigenvalue weighted by molar-refractivity contribution is 6.11. The van der Waals surface area contributed by atoms with Crippen molar-refractivity contribution in [1.82, 2.24) is 0 Å². The third kappa shape index (κ3) is 3.13. The van der Waals surface area contributed by atoms with Crippen LogP contribution in [0.4, 0.5) is 5.69 Å². The van der Waals surface area contributed by atoms with Crippen LogP contribution in [0.3, 0.4) is 0 Å². The van der Waals surface area contributed by atoms with Gasteiger partial charge in [0, 0.05) is 30.1 Å². The fourth-order valence-electron chi connectivity index (χ4n) is 2.54. The van der Waals surface area contributed by atoms with Gasteiger partial charge in [-0.25, -0.2) is 0 Å². The van der Waals surface area contributed by atoms with Gasteiger partial charge < -0.3 is 20.5 Å². The minimum absolute atomic E-state index is 0.107. The number of nitrogens with two attached hydrogens (primary N) is 1. The van der Waals surface area contributed by atoms with E-state index in [1.807, 2.05) is 25.1 Å². The summed E-state index contributed by atoms with van der Waals surface area (Å²) in [6.07, 6.45) is 0. The van der Waals surface area contributed by atoms with E-state index in [-0.39, 0.29) is 24.6 Å². The van der Waals surface area contributed by atoms with Crippen molar-refractivity contribution in [3.8, 4) is 11.5 Å². The first-order chi connectivity index (χ1) is 11.1. The summed E-state index contributed by atoms with van der Waals surface area (Å²) in [5, 5.41) is 3.32. The van der Waals surface area contributed by atoms with E-state index in [4.69, 9.17) is 15.2 Å². The number of rotatable bonds is 2. The Labute approximate surface area is 135 Å². The number of nitrogens with one attached hydrogen (secondary N) is 1. The van der Waals surface area contributed by atoms with E-state index in [2.05, 4.69) is 34.1 Å². The number of nitrogens with zero attached hydrogens (tertiary/aromatic N) is 3. The molecule has 2 heterocycles. The molecule has 0 aliphatic carbocycles. The average Bonchev–Trinajstić information content (AvgIpc) is 2.96. The van der Waals surface area contributed by atoms with Crippen molar-refractivity contribution in [1.29, 1.82) is 0 Å². The van der Waals surface area contributed by atoms with Crippen LogP contribution in [0.25, 0.3) is 0 Å². The average molecular weight is 315 g/mol. The van der Waals surface area contributed by atoms with E-state index in [0.29, 0.717) is 6.54 Å². The van der Waals surface area contributed by atoms with E-state index in [1.54, 1.807) is 0 Å². The Hall–Kier alpha value is -2.57. The van der Waals surface area contributed by atoms with E-state index < -0.39 is 0 Å². The molecule has 0 amide bonds. The summed E-state index contributed by atoms with van der Waals surface area (Å²) in [6, 6.07) is 5.69. The lowest BCUT2D eigenvalue weighted by Crippen LogP contribution is -2.29. The van der Waals surface area contributed by atoms with Gasteiger partial charge in [-0.15, -0.1) is 0 Å². The highest BCUT2D eigenvalue weighted by Gasteiger charge is 2.26. The summed E-state index contributed by atoms with van der Waals surface area (Å²) in [4.78, 5) is 13.2. The molecule has 0 spiro atoms. The van der Waals surface area contributed by atoms with Gasteiger partial charge in [0.1, 0.15) is 11.7 Å². The van der Waals surface area contributed by atoms with Crippen molar-refractivity contribution in [2.45, 2.75) is 20.8 Å². The largest absolute Gasteiger partial charge is 0.454 e. The second-order valence-electron chi connectivity index (χ2n) is 5.57. The minimum Gasteiger partial charge on any atom is -0.454 e. The summed E-state index contributed by atoms with van der Waals surface area (Å²) in [5.74, 6) is 3.42. The van der Waals surface area contributed by atoms with Crippen molar-refractivity contribution in [3.05, 3.63) is 18.2 Å². The lowest BCUT2D eigenvalue weighted by Gasteiger charge is -2.20. The number of fused-ring (bicyclic) bond motifs is 1. The van der Waals surface area contributed by atoms with Crippen LogP contribution in [0.1, 0.15) is 20.8 Å².